The van der Waals surface area contributed by atoms with Gasteiger partial charge in [-0.3, -0.25) is 4.57 Å². The van der Waals surface area contributed by atoms with Crippen LogP contribution in [0.15, 0.2) is 176 Å². The molecule has 0 fully saturated rings. The largest absolute Gasteiger partial charge is 0.309 e. The van der Waals surface area contributed by atoms with Crippen molar-refractivity contribution >= 4 is 54.9 Å². The Morgan fingerprint density at radius 1 is 0.408 bits per heavy atom. The fraction of sp³-hybridized carbons (Fsp3) is 0. The number of fused-ring (bicyclic) bond motifs is 7. The predicted molar refractivity (Wildman–Crippen MR) is 207 cm³/mol. The summed E-state index contributed by atoms with van der Waals surface area (Å²) >= 11 is 1.74. The molecule has 10 aromatic rings. The van der Waals surface area contributed by atoms with Crippen LogP contribution in [0.1, 0.15) is 0 Å². The van der Waals surface area contributed by atoms with E-state index in [0.29, 0.717) is 0 Å². The van der Waals surface area contributed by atoms with E-state index in [-0.39, 0.29) is 0 Å². The number of hydrogen-bond donors (Lipinski definition) is 0. The first-order valence-corrected chi connectivity index (χ1v) is 17.4. The van der Waals surface area contributed by atoms with E-state index >= 15 is 0 Å². The normalized spacial score (nSPS) is 11.7. The van der Waals surface area contributed by atoms with E-state index in [2.05, 4.69) is 179 Å². The molecule has 3 heterocycles. The second-order valence-electron chi connectivity index (χ2n) is 12.4. The van der Waals surface area contributed by atoms with Gasteiger partial charge >= 0.3 is 0 Å². The monoisotopic (exact) mass is 643 g/mol. The average molecular weight is 644 g/mol. The van der Waals surface area contributed by atoms with Gasteiger partial charge in [0.25, 0.3) is 0 Å². The molecule has 0 saturated carbocycles. The molecule has 0 saturated heterocycles. The topological polar surface area (TPSA) is 22.8 Å². The number of aromatic nitrogens is 3. The Morgan fingerprint density at radius 2 is 0.980 bits per heavy atom. The minimum atomic E-state index is 1.01. The van der Waals surface area contributed by atoms with Gasteiger partial charge in [0.05, 0.1) is 28.3 Å². The molecule has 0 unspecified atom stereocenters. The molecule has 230 valence electrons. The smallest absolute Gasteiger partial charge is 0.125 e. The lowest BCUT2D eigenvalue weighted by molar-refractivity contribution is 1.18. The van der Waals surface area contributed by atoms with E-state index in [4.69, 9.17) is 4.98 Å². The first kappa shape index (κ1) is 27.8. The second kappa shape index (κ2) is 11.2. The van der Waals surface area contributed by atoms with Crippen molar-refractivity contribution in [3.8, 4) is 43.5 Å². The molecule has 4 heteroatoms. The van der Waals surface area contributed by atoms with Crippen LogP contribution in [0.3, 0.4) is 0 Å². The molecule has 3 aromatic heterocycles. The van der Waals surface area contributed by atoms with Crippen molar-refractivity contribution in [3.05, 3.63) is 176 Å². The Morgan fingerprint density at radius 3 is 1.67 bits per heavy atom. The molecule has 0 aliphatic rings. The third kappa shape index (κ3) is 4.46. The molecule has 0 N–H and O–H groups in total. The van der Waals surface area contributed by atoms with Crippen LogP contribution >= 0.6 is 11.3 Å². The number of para-hydroxylation sites is 1. The molecule has 0 amide bonds. The standard InChI is InChI=1S/C45H29N3S/c1-5-13-30(14-6-1)33-22-25-39-38(27-33)36-24-26-40-43(44(36)48(39)42-29-46-45(49-42)32-17-9-3-10-18-32)37-23-21-34(31-15-7-2-8-16-31)28-41(37)47(40)35-19-11-4-12-20-35/h1-29H. The Labute approximate surface area is 287 Å². The molecule has 0 aliphatic carbocycles. The molecule has 0 spiro atoms. The Hall–Kier alpha value is -6.23. The number of rotatable bonds is 5. The van der Waals surface area contributed by atoms with Crippen molar-refractivity contribution in [1.82, 2.24) is 14.1 Å². The van der Waals surface area contributed by atoms with Crippen LogP contribution in [0, 0.1) is 0 Å². The molecular formula is C45H29N3S. The van der Waals surface area contributed by atoms with Crippen LogP contribution in [0.4, 0.5) is 0 Å². The SMILES string of the molecule is c1ccc(-c2ccc3c(c2)c2ccc4c(c5ccc(-c6ccccc6)cc5n4-c4ccccc4)c2n3-c2cnc(-c3ccccc3)s2)cc1. The predicted octanol–water partition coefficient (Wildman–Crippen LogP) is 12.3. The highest BCUT2D eigenvalue weighted by molar-refractivity contribution is 7.17. The van der Waals surface area contributed by atoms with E-state index in [1.54, 1.807) is 11.3 Å². The summed E-state index contributed by atoms with van der Waals surface area (Å²) in [6.45, 7) is 0. The zero-order valence-electron chi connectivity index (χ0n) is 26.5. The number of thiazole rings is 1. The highest BCUT2D eigenvalue weighted by atomic mass is 32.1. The number of hydrogen-bond acceptors (Lipinski definition) is 2. The number of nitrogens with zero attached hydrogens (tertiary/aromatic N) is 3. The molecular weight excluding hydrogens is 615 g/mol. The first-order valence-electron chi connectivity index (χ1n) is 16.5. The molecule has 49 heavy (non-hydrogen) atoms. The minimum Gasteiger partial charge on any atom is -0.309 e. The maximum atomic E-state index is 4.95. The van der Waals surface area contributed by atoms with Gasteiger partial charge in [0.2, 0.25) is 0 Å². The van der Waals surface area contributed by atoms with Gasteiger partial charge in [-0.25, -0.2) is 4.98 Å². The van der Waals surface area contributed by atoms with Crippen LogP contribution in [0.2, 0.25) is 0 Å². The summed E-state index contributed by atoms with van der Waals surface area (Å²) in [5, 5.41) is 7.04. The molecule has 0 atom stereocenters. The summed E-state index contributed by atoms with van der Waals surface area (Å²) in [6.07, 6.45) is 2.04. The molecule has 0 aliphatic heterocycles. The summed E-state index contributed by atoms with van der Waals surface area (Å²) in [7, 11) is 0. The highest BCUT2D eigenvalue weighted by Crippen LogP contribution is 2.44. The average Bonchev–Trinajstić information content (AvgIpc) is 3.88. The zero-order valence-corrected chi connectivity index (χ0v) is 27.3. The van der Waals surface area contributed by atoms with Crippen LogP contribution in [0.5, 0.6) is 0 Å². The van der Waals surface area contributed by atoms with Crippen LogP contribution in [-0.2, 0) is 0 Å². The van der Waals surface area contributed by atoms with Crippen molar-refractivity contribution in [3.63, 3.8) is 0 Å². The van der Waals surface area contributed by atoms with Gasteiger partial charge < -0.3 is 4.57 Å². The first-order chi connectivity index (χ1) is 24.3. The third-order valence-corrected chi connectivity index (χ3v) is 10.7. The summed E-state index contributed by atoms with van der Waals surface area (Å²) in [4.78, 5) is 4.95. The maximum Gasteiger partial charge on any atom is 0.125 e. The van der Waals surface area contributed by atoms with Gasteiger partial charge in [-0.15, -0.1) is 0 Å². The lowest BCUT2D eigenvalue weighted by Crippen LogP contribution is -1.94. The number of benzene rings is 7. The minimum absolute atomic E-state index is 1.01. The van der Waals surface area contributed by atoms with E-state index in [1.165, 1.54) is 65.9 Å². The zero-order chi connectivity index (χ0) is 32.3. The van der Waals surface area contributed by atoms with Crippen molar-refractivity contribution in [2.24, 2.45) is 0 Å². The summed E-state index contributed by atoms with van der Waals surface area (Å²) in [6, 6.07) is 61.0. The summed E-state index contributed by atoms with van der Waals surface area (Å²) in [5.41, 5.74) is 11.8. The Kier molecular flexibility index (Phi) is 6.36. The van der Waals surface area contributed by atoms with Gasteiger partial charge in [0.15, 0.2) is 0 Å². The van der Waals surface area contributed by atoms with Gasteiger partial charge in [-0.05, 0) is 58.7 Å². The summed E-state index contributed by atoms with van der Waals surface area (Å²) in [5.74, 6) is 0. The van der Waals surface area contributed by atoms with Crippen molar-refractivity contribution < 1.29 is 0 Å². The van der Waals surface area contributed by atoms with Crippen LogP contribution in [-0.4, -0.2) is 14.1 Å². The fourth-order valence-corrected chi connectivity index (χ4v) is 8.34. The fourth-order valence-electron chi connectivity index (χ4n) is 7.39. The molecule has 3 nitrogen and oxygen atoms in total. The lowest BCUT2D eigenvalue weighted by Gasteiger charge is -2.09. The van der Waals surface area contributed by atoms with Gasteiger partial charge in [-0.2, -0.15) is 0 Å². The van der Waals surface area contributed by atoms with E-state index in [9.17, 15) is 0 Å². The van der Waals surface area contributed by atoms with Gasteiger partial charge in [0.1, 0.15) is 10.0 Å². The van der Waals surface area contributed by atoms with Crippen LogP contribution < -0.4 is 0 Å². The lowest BCUT2D eigenvalue weighted by atomic mass is 10.0. The Balaban J connectivity index is 1.34. The Bertz CT molecular complexity index is 2790. The second-order valence-corrected chi connectivity index (χ2v) is 13.4. The quantitative estimate of drug-likeness (QED) is 0.183. The van der Waals surface area contributed by atoms with Gasteiger partial charge in [-0.1, -0.05) is 145 Å². The van der Waals surface area contributed by atoms with Crippen molar-refractivity contribution in [1.29, 1.82) is 0 Å². The highest BCUT2D eigenvalue weighted by Gasteiger charge is 2.23. The van der Waals surface area contributed by atoms with E-state index < -0.39 is 0 Å². The van der Waals surface area contributed by atoms with E-state index in [0.717, 1.165) is 21.3 Å². The molecule has 7 aromatic carbocycles. The molecule has 10 rings (SSSR count). The van der Waals surface area contributed by atoms with Crippen molar-refractivity contribution in [2.75, 3.05) is 0 Å². The third-order valence-electron chi connectivity index (χ3n) is 9.62. The summed E-state index contributed by atoms with van der Waals surface area (Å²) < 4.78 is 4.88. The maximum absolute atomic E-state index is 4.95. The molecule has 0 radical (unpaired) electrons. The van der Waals surface area contributed by atoms with Gasteiger partial charge in [0, 0.05) is 32.8 Å². The van der Waals surface area contributed by atoms with E-state index in [1.807, 2.05) is 6.20 Å². The molecule has 0 bridgehead atoms. The van der Waals surface area contributed by atoms with Crippen LogP contribution in [0.25, 0.3) is 87.1 Å². The van der Waals surface area contributed by atoms with Crippen molar-refractivity contribution in [2.45, 2.75) is 0 Å².